The van der Waals surface area contributed by atoms with Crippen molar-refractivity contribution in [3.8, 4) is 22.3 Å². The van der Waals surface area contributed by atoms with E-state index < -0.39 is 0 Å². The Balaban J connectivity index is 0.000000699. The highest BCUT2D eigenvalue weighted by atomic mass is 79.9. The highest BCUT2D eigenvalue weighted by Gasteiger charge is 2.15. The van der Waals surface area contributed by atoms with Gasteiger partial charge in [0, 0.05) is 4.47 Å². The van der Waals surface area contributed by atoms with E-state index >= 15 is 0 Å². The molecule has 0 bridgehead atoms. The summed E-state index contributed by atoms with van der Waals surface area (Å²) in [5.41, 5.74) is 5.11. The van der Waals surface area contributed by atoms with Crippen LogP contribution in [0.25, 0.3) is 43.8 Å². The van der Waals surface area contributed by atoms with Gasteiger partial charge in [-0.2, -0.15) is 0 Å². The van der Waals surface area contributed by atoms with Crippen LogP contribution in [-0.2, 0) is 0 Å². The molecule has 35 heavy (non-hydrogen) atoms. The summed E-state index contributed by atoms with van der Waals surface area (Å²) >= 11 is 3.56. The predicted octanol–water partition coefficient (Wildman–Crippen LogP) is 12.2. The van der Waals surface area contributed by atoms with E-state index in [1.165, 1.54) is 43.8 Å². The van der Waals surface area contributed by atoms with Gasteiger partial charge in [-0.15, -0.1) is 0 Å². The smallest absolute Gasteiger partial charge is 0.0175 e. The Morgan fingerprint density at radius 1 is 0.343 bits per heavy atom. The summed E-state index contributed by atoms with van der Waals surface area (Å²) in [7, 11) is 0. The summed E-state index contributed by atoms with van der Waals surface area (Å²) in [5, 5.41) is 5.16. The van der Waals surface area contributed by atoms with Gasteiger partial charge in [0.15, 0.2) is 0 Å². The van der Waals surface area contributed by atoms with Gasteiger partial charge in [0.1, 0.15) is 0 Å². The maximum atomic E-state index is 3.56. The number of fused-ring (bicyclic) bond motifs is 2. The van der Waals surface area contributed by atoms with Crippen LogP contribution in [0.3, 0.4) is 0 Å². The Kier molecular flexibility index (Phi) is 14.4. The molecule has 1 heteroatoms. The van der Waals surface area contributed by atoms with E-state index in [2.05, 4.69) is 119 Å². The van der Waals surface area contributed by atoms with E-state index in [1.807, 2.05) is 55.4 Å². The van der Waals surface area contributed by atoms with Gasteiger partial charge in [-0.1, -0.05) is 162 Å². The molecule has 0 amide bonds. The molecule has 0 aliphatic rings. The summed E-state index contributed by atoms with van der Waals surface area (Å²) < 4.78 is 1.10. The second-order valence-corrected chi connectivity index (χ2v) is 7.63. The minimum Gasteiger partial charge on any atom is -0.0683 e. The van der Waals surface area contributed by atoms with E-state index in [0.29, 0.717) is 0 Å². The molecule has 5 aromatic rings. The topological polar surface area (TPSA) is 0 Å². The largest absolute Gasteiger partial charge is 0.0683 e. The molecule has 0 saturated heterocycles. The monoisotopic (exact) mass is 528 g/mol. The summed E-state index contributed by atoms with van der Waals surface area (Å²) in [6.45, 7) is 16.0. The molecule has 0 aliphatic carbocycles. The van der Waals surface area contributed by atoms with Crippen LogP contribution in [0.4, 0.5) is 0 Å². The zero-order valence-electron chi connectivity index (χ0n) is 22.7. The molecule has 0 unspecified atom stereocenters. The SMILES string of the molecule is Brc1ccc(-c2c3ccccc3c(-c3ccccc3)c3ccccc23)cc1.CC.CC.CC.CC. The second kappa shape index (κ2) is 16.7. The molecular weight excluding hydrogens is 488 g/mol. The first kappa shape index (κ1) is 30.1. The average molecular weight is 530 g/mol. The van der Waals surface area contributed by atoms with E-state index in [9.17, 15) is 0 Å². The first-order chi connectivity index (χ1) is 17.3. The van der Waals surface area contributed by atoms with Crippen molar-refractivity contribution in [3.63, 3.8) is 0 Å². The van der Waals surface area contributed by atoms with Gasteiger partial charge in [0.2, 0.25) is 0 Å². The van der Waals surface area contributed by atoms with E-state index in [-0.39, 0.29) is 0 Å². The molecule has 0 spiro atoms. The molecule has 0 fully saturated rings. The number of hydrogen-bond donors (Lipinski definition) is 0. The van der Waals surface area contributed by atoms with Crippen LogP contribution in [0.5, 0.6) is 0 Å². The highest BCUT2D eigenvalue weighted by Crippen LogP contribution is 2.43. The Morgan fingerprint density at radius 3 is 0.971 bits per heavy atom. The van der Waals surface area contributed by atoms with Gasteiger partial charge >= 0.3 is 0 Å². The van der Waals surface area contributed by atoms with Gasteiger partial charge in [-0.25, -0.2) is 0 Å². The van der Waals surface area contributed by atoms with Crippen molar-refractivity contribution in [2.24, 2.45) is 0 Å². The third-order valence-electron chi connectivity index (χ3n) is 5.13. The molecular formula is C34H41Br. The molecule has 184 valence electrons. The van der Waals surface area contributed by atoms with Gasteiger partial charge < -0.3 is 0 Å². The summed E-state index contributed by atoms with van der Waals surface area (Å²) in [6, 6.07) is 36.8. The highest BCUT2D eigenvalue weighted by molar-refractivity contribution is 9.10. The Hall–Kier alpha value is -2.90. The maximum absolute atomic E-state index is 3.56. The molecule has 0 nitrogen and oxygen atoms in total. The first-order valence-electron chi connectivity index (χ1n) is 13.1. The average Bonchev–Trinajstić information content (AvgIpc) is 2.97. The van der Waals surface area contributed by atoms with Crippen molar-refractivity contribution in [2.75, 3.05) is 0 Å². The third-order valence-corrected chi connectivity index (χ3v) is 5.66. The van der Waals surface area contributed by atoms with E-state index in [0.717, 1.165) is 4.47 Å². The van der Waals surface area contributed by atoms with Crippen LogP contribution >= 0.6 is 15.9 Å². The maximum Gasteiger partial charge on any atom is 0.0175 e. The number of rotatable bonds is 2. The van der Waals surface area contributed by atoms with Gasteiger partial charge in [0.25, 0.3) is 0 Å². The Labute approximate surface area is 222 Å². The zero-order valence-corrected chi connectivity index (χ0v) is 24.3. The van der Waals surface area contributed by atoms with Crippen molar-refractivity contribution in [2.45, 2.75) is 55.4 Å². The molecule has 0 saturated carbocycles. The molecule has 5 aromatic carbocycles. The fourth-order valence-electron chi connectivity index (χ4n) is 3.97. The number of hydrogen-bond acceptors (Lipinski definition) is 0. The summed E-state index contributed by atoms with van der Waals surface area (Å²) in [6.07, 6.45) is 0. The minimum atomic E-state index is 1.10. The second-order valence-electron chi connectivity index (χ2n) is 6.71. The normalized spacial score (nSPS) is 9.29. The van der Waals surface area contributed by atoms with Crippen LogP contribution in [0.1, 0.15) is 55.4 Å². The lowest BCUT2D eigenvalue weighted by atomic mass is 9.86. The molecule has 0 atom stereocenters. The fraction of sp³-hybridized carbons (Fsp3) is 0.235. The zero-order chi connectivity index (χ0) is 26.2. The van der Waals surface area contributed by atoms with Gasteiger partial charge in [-0.05, 0) is 55.9 Å². The number of halogens is 1. The standard InChI is InChI=1S/C26H17Br.4C2H6/c27-20-16-14-19(15-17-20)26-23-12-6-4-10-21(23)25(18-8-2-1-3-9-18)22-11-5-7-13-24(22)26;4*1-2/h1-17H;4*1-2H3. The molecule has 0 aromatic heterocycles. The molecule has 0 N–H and O–H groups in total. The van der Waals surface area contributed by atoms with Crippen LogP contribution in [0, 0.1) is 0 Å². The van der Waals surface area contributed by atoms with Crippen LogP contribution in [-0.4, -0.2) is 0 Å². The fourth-order valence-corrected chi connectivity index (χ4v) is 4.24. The lowest BCUT2D eigenvalue weighted by Gasteiger charge is -2.17. The molecule has 5 rings (SSSR count). The van der Waals surface area contributed by atoms with Crippen molar-refractivity contribution in [1.82, 2.24) is 0 Å². The Morgan fingerprint density at radius 2 is 0.629 bits per heavy atom. The first-order valence-corrected chi connectivity index (χ1v) is 13.9. The predicted molar refractivity (Wildman–Crippen MR) is 165 cm³/mol. The van der Waals surface area contributed by atoms with Gasteiger partial charge in [-0.3, -0.25) is 0 Å². The van der Waals surface area contributed by atoms with Crippen molar-refractivity contribution >= 4 is 37.5 Å². The number of benzene rings is 5. The van der Waals surface area contributed by atoms with Gasteiger partial charge in [0.05, 0.1) is 0 Å². The van der Waals surface area contributed by atoms with Crippen LogP contribution in [0.2, 0.25) is 0 Å². The lowest BCUT2D eigenvalue weighted by molar-refractivity contribution is 1.50. The van der Waals surface area contributed by atoms with E-state index in [1.54, 1.807) is 0 Å². The molecule has 0 aliphatic heterocycles. The summed E-state index contributed by atoms with van der Waals surface area (Å²) in [5.74, 6) is 0. The van der Waals surface area contributed by atoms with Crippen LogP contribution in [0.15, 0.2) is 108 Å². The van der Waals surface area contributed by atoms with Crippen molar-refractivity contribution < 1.29 is 0 Å². The van der Waals surface area contributed by atoms with Crippen molar-refractivity contribution in [1.29, 1.82) is 0 Å². The minimum absolute atomic E-state index is 1.10. The van der Waals surface area contributed by atoms with E-state index in [4.69, 9.17) is 0 Å². The molecule has 0 heterocycles. The quantitative estimate of drug-likeness (QED) is 0.200. The Bertz CT molecular complexity index is 1200. The lowest BCUT2D eigenvalue weighted by Crippen LogP contribution is -1.90. The van der Waals surface area contributed by atoms with Crippen LogP contribution < -0.4 is 0 Å². The third kappa shape index (κ3) is 7.05. The van der Waals surface area contributed by atoms with Crippen molar-refractivity contribution in [3.05, 3.63) is 108 Å². The molecule has 0 radical (unpaired) electrons. The summed E-state index contributed by atoms with van der Waals surface area (Å²) in [4.78, 5) is 0.